The largest absolute Gasteiger partial charge is 0.387 e. The molecule has 0 fully saturated rings. The molecule has 19 heavy (non-hydrogen) atoms. The fourth-order valence-corrected chi connectivity index (χ4v) is 1.96. The number of aliphatic hydroxyl groups is 1. The topological polar surface area (TPSA) is 52.6 Å². The normalized spacial score (nSPS) is 12.2. The van der Waals surface area contributed by atoms with Crippen molar-refractivity contribution < 1.29 is 9.90 Å². The Morgan fingerprint density at radius 3 is 2.47 bits per heavy atom. The summed E-state index contributed by atoms with van der Waals surface area (Å²) >= 11 is 0. The summed E-state index contributed by atoms with van der Waals surface area (Å²) in [6.45, 7) is 6.53. The molecule has 4 nitrogen and oxygen atoms in total. The lowest BCUT2D eigenvalue weighted by atomic mass is 10.1. The highest BCUT2D eigenvalue weighted by atomic mass is 16.3. The average molecular weight is 264 g/mol. The van der Waals surface area contributed by atoms with Crippen LogP contribution < -0.4 is 5.32 Å². The highest BCUT2D eigenvalue weighted by Gasteiger charge is 2.10. The van der Waals surface area contributed by atoms with Gasteiger partial charge in [-0.25, -0.2) is 0 Å². The van der Waals surface area contributed by atoms with Gasteiger partial charge < -0.3 is 15.3 Å². The number of rotatable bonds is 8. The number of carbonyl (C=O) groups is 1. The van der Waals surface area contributed by atoms with E-state index in [4.69, 9.17) is 0 Å². The first-order valence-electron chi connectivity index (χ1n) is 6.90. The first-order valence-corrected chi connectivity index (χ1v) is 6.90. The Hall–Kier alpha value is -1.39. The van der Waals surface area contributed by atoms with Crippen LogP contribution in [0, 0.1) is 0 Å². The first-order chi connectivity index (χ1) is 9.19. The number of aliphatic hydroxyl groups excluding tert-OH is 1. The molecule has 0 saturated heterocycles. The Bertz CT molecular complexity index is 364. The van der Waals surface area contributed by atoms with E-state index >= 15 is 0 Å². The molecule has 0 spiro atoms. The number of nitrogens with zero attached hydrogens (tertiary/aromatic N) is 1. The summed E-state index contributed by atoms with van der Waals surface area (Å²) in [5.41, 5.74) is 0.894. The van der Waals surface area contributed by atoms with Crippen molar-refractivity contribution in [3.05, 3.63) is 35.9 Å². The number of hydrogen-bond donors (Lipinski definition) is 2. The highest BCUT2D eigenvalue weighted by Crippen LogP contribution is 2.10. The number of nitrogens with one attached hydrogen (secondary N) is 1. The molecule has 1 rings (SSSR count). The zero-order valence-corrected chi connectivity index (χ0v) is 11.8. The summed E-state index contributed by atoms with van der Waals surface area (Å²) in [6, 6.07) is 9.53. The molecule has 0 saturated carbocycles. The Balaban J connectivity index is 2.22. The second kappa shape index (κ2) is 8.67. The molecule has 106 valence electrons. The maximum Gasteiger partial charge on any atom is 0.223 e. The third kappa shape index (κ3) is 5.41. The van der Waals surface area contributed by atoms with Crippen molar-refractivity contribution in [2.75, 3.05) is 26.2 Å². The molecular formula is C15H24N2O2. The molecule has 1 amide bonds. The molecule has 1 atom stereocenters. The van der Waals surface area contributed by atoms with E-state index in [-0.39, 0.29) is 5.91 Å². The molecule has 0 aromatic heterocycles. The first kappa shape index (κ1) is 15.7. The number of carbonyl (C=O) groups excluding carboxylic acids is 1. The second-order valence-electron chi connectivity index (χ2n) is 4.45. The van der Waals surface area contributed by atoms with Gasteiger partial charge in [0.25, 0.3) is 0 Å². The lowest BCUT2D eigenvalue weighted by molar-refractivity contribution is -0.130. The SMILES string of the molecule is CCN(CC)C(=O)CCNCC(O)c1ccccc1. The lowest BCUT2D eigenvalue weighted by Gasteiger charge is -2.19. The van der Waals surface area contributed by atoms with E-state index in [2.05, 4.69) is 5.32 Å². The van der Waals surface area contributed by atoms with Gasteiger partial charge >= 0.3 is 0 Å². The molecule has 2 N–H and O–H groups in total. The Morgan fingerprint density at radius 1 is 1.26 bits per heavy atom. The third-order valence-corrected chi connectivity index (χ3v) is 3.15. The minimum Gasteiger partial charge on any atom is -0.387 e. The van der Waals surface area contributed by atoms with Crippen LogP contribution in [0.15, 0.2) is 30.3 Å². The van der Waals surface area contributed by atoms with Crippen molar-refractivity contribution >= 4 is 5.91 Å². The van der Waals surface area contributed by atoms with Gasteiger partial charge in [-0.3, -0.25) is 4.79 Å². The average Bonchev–Trinajstić information content (AvgIpc) is 2.45. The fourth-order valence-electron chi connectivity index (χ4n) is 1.96. The van der Waals surface area contributed by atoms with E-state index in [1.807, 2.05) is 49.1 Å². The molecular weight excluding hydrogens is 240 g/mol. The van der Waals surface area contributed by atoms with Crippen molar-refractivity contribution in [2.45, 2.75) is 26.4 Å². The quantitative estimate of drug-likeness (QED) is 0.701. The smallest absolute Gasteiger partial charge is 0.223 e. The van der Waals surface area contributed by atoms with Gasteiger partial charge in [0.05, 0.1) is 6.10 Å². The van der Waals surface area contributed by atoms with Crippen LogP contribution in [0.2, 0.25) is 0 Å². The van der Waals surface area contributed by atoms with Gasteiger partial charge in [-0.2, -0.15) is 0 Å². The molecule has 0 aliphatic carbocycles. The zero-order chi connectivity index (χ0) is 14.1. The molecule has 0 bridgehead atoms. The summed E-state index contributed by atoms with van der Waals surface area (Å²) in [5.74, 6) is 0.159. The van der Waals surface area contributed by atoms with Crippen LogP contribution in [0.5, 0.6) is 0 Å². The molecule has 1 aromatic carbocycles. The van der Waals surface area contributed by atoms with Crippen molar-refractivity contribution in [3.63, 3.8) is 0 Å². The molecule has 1 aromatic rings. The molecule has 0 radical (unpaired) electrons. The van der Waals surface area contributed by atoms with Crippen LogP contribution in [0.3, 0.4) is 0 Å². The van der Waals surface area contributed by atoms with Crippen molar-refractivity contribution in [1.29, 1.82) is 0 Å². The maximum atomic E-state index is 11.7. The summed E-state index contributed by atoms with van der Waals surface area (Å²) in [5, 5.41) is 13.0. The number of benzene rings is 1. The van der Waals surface area contributed by atoms with Crippen molar-refractivity contribution in [2.24, 2.45) is 0 Å². The van der Waals surface area contributed by atoms with Crippen LogP contribution in [-0.2, 0) is 4.79 Å². The van der Waals surface area contributed by atoms with Crippen molar-refractivity contribution in [1.82, 2.24) is 10.2 Å². The van der Waals surface area contributed by atoms with Gasteiger partial charge in [-0.1, -0.05) is 30.3 Å². The van der Waals surface area contributed by atoms with Gasteiger partial charge in [0.2, 0.25) is 5.91 Å². The predicted molar refractivity (Wildman–Crippen MR) is 76.8 cm³/mol. The zero-order valence-electron chi connectivity index (χ0n) is 11.8. The summed E-state index contributed by atoms with van der Waals surface area (Å²) in [4.78, 5) is 13.6. The summed E-state index contributed by atoms with van der Waals surface area (Å²) in [6.07, 6.45) is -0.0480. The Kier molecular flexibility index (Phi) is 7.15. The number of amides is 1. The molecule has 4 heteroatoms. The van der Waals surface area contributed by atoms with Crippen LogP contribution in [0.1, 0.15) is 31.9 Å². The summed E-state index contributed by atoms with van der Waals surface area (Å²) < 4.78 is 0. The molecule has 0 aliphatic rings. The molecule has 0 heterocycles. The van der Waals surface area contributed by atoms with E-state index in [1.165, 1.54) is 0 Å². The highest BCUT2D eigenvalue weighted by molar-refractivity contribution is 5.76. The number of hydrogen-bond acceptors (Lipinski definition) is 3. The van der Waals surface area contributed by atoms with E-state index in [0.29, 0.717) is 19.5 Å². The summed E-state index contributed by atoms with van der Waals surface area (Å²) in [7, 11) is 0. The van der Waals surface area contributed by atoms with E-state index in [0.717, 1.165) is 18.7 Å². The minimum atomic E-state index is -0.523. The van der Waals surface area contributed by atoms with Crippen LogP contribution >= 0.6 is 0 Å². The lowest BCUT2D eigenvalue weighted by Crippen LogP contribution is -2.33. The maximum absolute atomic E-state index is 11.7. The van der Waals surface area contributed by atoms with E-state index < -0.39 is 6.10 Å². The monoisotopic (exact) mass is 264 g/mol. The van der Waals surface area contributed by atoms with Gasteiger partial charge in [0, 0.05) is 32.6 Å². The van der Waals surface area contributed by atoms with Gasteiger partial charge in [0.15, 0.2) is 0 Å². The van der Waals surface area contributed by atoms with Crippen LogP contribution in [0.25, 0.3) is 0 Å². The van der Waals surface area contributed by atoms with Crippen LogP contribution in [-0.4, -0.2) is 42.1 Å². The standard InChI is InChI=1S/C15H24N2O2/c1-3-17(4-2)15(19)10-11-16-12-14(18)13-8-6-5-7-9-13/h5-9,14,16,18H,3-4,10-12H2,1-2H3. The Morgan fingerprint density at radius 2 is 1.89 bits per heavy atom. The van der Waals surface area contributed by atoms with E-state index in [9.17, 15) is 9.90 Å². The Labute approximate surface area is 115 Å². The van der Waals surface area contributed by atoms with Gasteiger partial charge in [-0.15, -0.1) is 0 Å². The van der Waals surface area contributed by atoms with Gasteiger partial charge in [-0.05, 0) is 19.4 Å². The van der Waals surface area contributed by atoms with Gasteiger partial charge in [0.1, 0.15) is 0 Å². The fraction of sp³-hybridized carbons (Fsp3) is 0.533. The predicted octanol–water partition coefficient (Wildman–Crippen LogP) is 1.57. The minimum absolute atomic E-state index is 0.159. The third-order valence-electron chi connectivity index (χ3n) is 3.15. The van der Waals surface area contributed by atoms with E-state index in [1.54, 1.807) is 0 Å². The van der Waals surface area contributed by atoms with Crippen molar-refractivity contribution in [3.8, 4) is 0 Å². The molecule has 1 unspecified atom stereocenters. The molecule has 0 aliphatic heterocycles. The second-order valence-corrected chi connectivity index (χ2v) is 4.45. The van der Waals surface area contributed by atoms with Crippen LogP contribution in [0.4, 0.5) is 0 Å².